The zero-order valence-corrected chi connectivity index (χ0v) is 10.9. The van der Waals surface area contributed by atoms with Crippen LogP contribution in [-0.2, 0) is 6.42 Å². The Labute approximate surface area is 115 Å². The Hall–Kier alpha value is -2.14. The topological polar surface area (TPSA) is 72.2 Å². The first-order chi connectivity index (χ1) is 9.18. The van der Waals surface area contributed by atoms with Crippen molar-refractivity contribution in [1.82, 2.24) is 5.32 Å². The standard InChI is InChI=1S/C14H13N2O2S/c15-13(17)11-5-2-1-4-10(11)7-8-16-14(18)12-6-3-9-19-12/h1-6,8-9H,7H2,(H2,15,17)(H,16,18). The van der Waals surface area contributed by atoms with Crippen molar-refractivity contribution < 1.29 is 9.59 Å². The fourth-order valence-corrected chi connectivity index (χ4v) is 2.30. The Morgan fingerprint density at radius 2 is 2.00 bits per heavy atom. The van der Waals surface area contributed by atoms with Gasteiger partial charge in [0.25, 0.3) is 5.91 Å². The van der Waals surface area contributed by atoms with Crippen LogP contribution in [0.4, 0.5) is 0 Å². The molecule has 0 spiro atoms. The fraction of sp³-hybridized carbons (Fsp3) is 0.0714. The minimum absolute atomic E-state index is 0.147. The number of carbonyl (C=O) groups excluding carboxylic acids is 2. The van der Waals surface area contributed by atoms with Crippen molar-refractivity contribution >= 4 is 23.2 Å². The monoisotopic (exact) mass is 273 g/mol. The number of hydrogen-bond acceptors (Lipinski definition) is 3. The summed E-state index contributed by atoms with van der Waals surface area (Å²) in [5.41, 5.74) is 6.55. The van der Waals surface area contributed by atoms with Crippen LogP contribution in [0, 0.1) is 6.54 Å². The van der Waals surface area contributed by atoms with Crippen LogP contribution in [0.2, 0.25) is 0 Å². The van der Waals surface area contributed by atoms with E-state index in [0.717, 1.165) is 5.56 Å². The lowest BCUT2D eigenvalue weighted by Crippen LogP contribution is -2.21. The van der Waals surface area contributed by atoms with Gasteiger partial charge in [-0.2, -0.15) is 0 Å². The molecule has 3 N–H and O–H groups in total. The molecule has 0 aliphatic carbocycles. The molecule has 19 heavy (non-hydrogen) atoms. The van der Waals surface area contributed by atoms with E-state index >= 15 is 0 Å². The summed E-state index contributed by atoms with van der Waals surface area (Å²) in [4.78, 5) is 23.6. The molecule has 1 radical (unpaired) electrons. The van der Waals surface area contributed by atoms with Gasteiger partial charge in [0.05, 0.1) is 11.4 Å². The van der Waals surface area contributed by atoms with Crippen molar-refractivity contribution in [2.45, 2.75) is 6.42 Å². The van der Waals surface area contributed by atoms with Crippen molar-refractivity contribution in [3.05, 3.63) is 64.3 Å². The molecule has 97 valence electrons. The van der Waals surface area contributed by atoms with Crippen LogP contribution in [0.1, 0.15) is 25.6 Å². The fourth-order valence-electron chi connectivity index (χ4n) is 1.67. The smallest absolute Gasteiger partial charge is 0.261 e. The molecule has 1 aromatic carbocycles. The van der Waals surface area contributed by atoms with Gasteiger partial charge in [-0.25, -0.2) is 0 Å². The highest BCUT2D eigenvalue weighted by molar-refractivity contribution is 7.12. The summed E-state index contributed by atoms with van der Waals surface area (Å²) in [5.74, 6) is -0.611. The van der Waals surface area contributed by atoms with E-state index in [1.807, 2.05) is 23.6 Å². The number of primary amides is 1. The SMILES string of the molecule is NC(=O)c1ccccc1C[CH]NC(=O)c1cccs1. The summed E-state index contributed by atoms with van der Waals surface area (Å²) in [6.45, 7) is 1.63. The van der Waals surface area contributed by atoms with Gasteiger partial charge in [-0.15, -0.1) is 11.3 Å². The predicted octanol–water partition coefficient (Wildman–Crippen LogP) is 1.98. The first-order valence-electron chi connectivity index (χ1n) is 5.72. The van der Waals surface area contributed by atoms with Crippen LogP contribution in [0.15, 0.2) is 41.8 Å². The van der Waals surface area contributed by atoms with Gasteiger partial charge in [0.2, 0.25) is 5.91 Å². The quantitative estimate of drug-likeness (QED) is 0.874. The molecule has 0 saturated heterocycles. The molecule has 4 nitrogen and oxygen atoms in total. The van der Waals surface area contributed by atoms with Gasteiger partial charge < -0.3 is 11.1 Å². The maximum Gasteiger partial charge on any atom is 0.261 e. The van der Waals surface area contributed by atoms with E-state index < -0.39 is 5.91 Å². The number of thiophene rings is 1. The normalized spacial score (nSPS) is 10.1. The predicted molar refractivity (Wildman–Crippen MR) is 74.7 cm³/mol. The Kier molecular flexibility index (Phi) is 4.30. The van der Waals surface area contributed by atoms with E-state index in [0.29, 0.717) is 16.9 Å². The summed E-state index contributed by atoms with van der Waals surface area (Å²) < 4.78 is 0. The van der Waals surface area contributed by atoms with Crippen molar-refractivity contribution in [2.75, 3.05) is 0 Å². The van der Waals surface area contributed by atoms with Gasteiger partial charge in [-0.3, -0.25) is 9.59 Å². The number of nitrogens with one attached hydrogen (secondary N) is 1. The zero-order chi connectivity index (χ0) is 13.7. The van der Waals surface area contributed by atoms with Crippen molar-refractivity contribution in [3.8, 4) is 0 Å². The zero-order valence-electron chi connectivity index (χ0n) is 10.1. The number of hydrogen-bond donors (Lipinski definition) is 2. The first kappa shape index (κ1) is 13.3. The number of amides is 2. The summed E-state index contributed by atoms with van der Waals surface area (Å²) >= 11 is 1.38. The molecular formula is C14H13N2O2S. The second kappa shape index (κ2) is 6.15. The molecule has 2 aromatic rings. The Morgan fingerprint density at radius 3 is 2.68 bits per heavy atom. The number of carbonyl (C=O) groups is 2. The van der Waals surface area contributed by atoms with Gasteiger partial charge >= 0.3 is 0 Å². The third-order valence-corrected chi connectivity index (χ3v) is 3.45. The Balaban J connectivity index is 1.93. The second-order valence-corrected chi connectivity index (χ2v) is 4.83. The van der Waals surface area contributed by atoms with Crippen LogP contribution in [0.25, 0.3) is 0 Å². The van der Waals surface area contributed by atoms with Crippen molar-refractivity contribution in [2.24, 2.45) is 5.73 Å². The van der Waals surface area contributed by atoms with Crippen LogP contribution in [0.5, 0.6) is 0 Å². The van der Waals surface area contributed by atoms with Crippen LogP contribution < -0.4 is 11.1 Å². The molecule has 0 unspecified atom stereocenters. The molecular weight excluding hydrogens is 260 g/mol. The maximum atomic E-state index is 11.7. The second-order valence-electron chi connectivity index (χ2n) is 3.88. The molecule has 0 bridgehead atoms. The van der Waals surface area contributed by atoms with E-state index in [-0.39, 0.29) is 5.91 Å². The molecule has 1 aromatic heterocycles. The summed E-state index contributed by atoms with van der Waals surface area (Å²) in [6.07, 6.45) is 0.455. The van der Waals surface area contributed by atoms with E-state index in [1.165, 1.54) is 11.3 Å². The van der Waals surface area contributed by atoms with E-state index in [4.69, 9.17) is 5.73 Å². The van der Waals surface area contributed by atoms with Crippen LogP contribution in [-0.4, -0.2) is 11.8 Å². The molecule has 0 fully saturated rings. The molecule has 0 atom stereocenters. The summed E-state index contributed by atoms with van der Waals surface area (Å²) in [7, 11) is 0. The van der Waals surface area contributed by atoms with Gasteiger partial charge in [-0.05, 0) is 29.5 Å². The molecule has 2 amide bonds. The Morgan fingerprint density at radius 1 is 1.21 bits per heavy atom. The summed E-state index contributed by atoms with van der Waals surface area (Å²) in [6, 6.07) is 10.7. The molecule has 0 aliphatic rings. The summed E-state index contributed by atoms with van der Waals surface area (Å²) in [5, 5.41) is 4.54. The van der Waals surface area contributed by atoms with Crippen LogP contribution >= 0.6 is 11.3 Å². The van der Waals surface area contributed by atoms with E-state index in [1.54, 1.807) is 24.7 Å². The average molecular weight is 273 g/mol. The third-order valence-electron chi connectivity index (χ3n) is 2.58. The molecule has 1 heterocycles. The van der Waals surface area contributed by atoms with Crippen molar-refractivity contribution in [3.63, 3.8) is 0 Å². The van der Waals surface area contributed by atoms with Gasteiger partial charge in [0, 0.05) is 5.56 Å². The molecule has 2 rings (SSSR count). The average Bonchev–Trinajstić information content (AvgIpc) is 2.93. The highest BCUT2D eigenvalue weighted by Gasteiger charge is 2.09. The van der Waals surface area contributed by atoms with Gasteiger partial charge in [-0.1, -0.05) is 24.3 Å². The number of rotatable bonds is 5. The molecule has 0 aliphatic heterocycles. The van der Waals surface area contributed by atoms with Gasteiger partial charge in [0.1, 0.15) is 0 Å². The van der Waals surface area contributed by atoms with Crippen molar-refractivity contribution in [1.29, 1.82) is 0 Å². The third kappa shape index (κ3) is 3.42. The van der Waals surface area contributed by atoms with E-state index in [2.05, 4.69) is 5.32 Å². The maximum absolute atomic E-state index is 11.7. The number of benzene rings is 1. The van der Waals surface area contributed by atoms with Gasteiger partial charge in [0.15, 0.2) is 0 Å². The van der Waals surface area contributed by atoms with E-state index in [9.17, 15) is 9.59 Å². The molecule has 0 saturated carbocycles. The lowest BCUT2D eigenvalue weighted by molar-refractivity contribution is 0.0966. The Bertz CT molecular complexity index is 579. The minimum atomic E-state index is -0.464. The first-order valence-corrected chi connectivity index (χ1v) is 6.60. The molecule has 5 heteroatoms. The number of nitrogens with two attached hydrogens (primary N) is 1. The minimum Gasteiger partial charge on any atom is -0.366 e. The highest BCUT2D eigenvalue weighted by atomic mass is 32.1. The lowest BCUT2D eigenvalue weighted by atomic mass is 10.0. The largest absolute Gasteiger partial charge is 0.366 e. The lowest BCUT2D eigenvalue weighted by Gasteiger charge is -2.06. The van der Waals surface area contributed by atoms with Crippen LogP contribution in [0.3, 0.4) is 0 Å². The highest BCUT2D eigenvalue weighted by Crippen LogP contribution is 2.11.